The lowest BCUT2D eigenvalue weighted by Gasteiger charge is -2.16. The highest BCUT2D eigenvalue weighted by atomic mass is 32.1. The summed E-state index contributed by atoms with van der Waals surface area (Å²) in [6.07, 6.45) is 0. The van der Waals surface area contributed by atoms with Crippen LogP contribution in [0.2, 0.25) is 0 Å². The van der Waals surface area contributed by atoms with Gasteiger partial charge in [0.1, 0.15) is 4.88 Å². The first-order chi connectivity index (χ1) is 7.77. The van der Waals surface area contributed by atoms with Crippen molar-refractivity contribution in [2.75, 3.05) is 13.7 Å². The number of aromatic nitrogens is 1. The quantitative estimate of drug-likeness (QED) is 0.901. The summed E-state index contributed by atoms with van der Waals surface area (Å²) in [7, 11) is 1.63. The van der Waals surface area contributed by atoms with E-state index in [4.69, 9.17) is 4.74 Å². The third-order valence-corrected chi connectivity index (χ3v) is 3.66. The average Bonchev–Trinajstić information content (AvgIpc) is 2.61. The zero-order valence-electron chi connectivity index (χ0n) is 10.9. The van der Waals surface area contributed by atoms with Crippen LogP contribution in [0.15, 0.2) is 0 Å². The fourth-order valence-electron chi connectivity index (χ4n) is 1.52. The molecule has 1 aromatic rings. The lowest BCUT2D eigenvalue weighted by molar-refractivity contribution is 0.0699. The van der Waals surface area contributed by atoms with Crippen LogP contribution in [0.3, 0.4) is 0 Å². The summed E-state index contributed by atoms with van der Waals surface area (Å²) in [5.41, 5.74) is 0.405. The molecule has 17 heavy (non-hydrogen) atoms. The van der Waals surface area contributed by atoms with E-state index in [-0.39, 0.29) is 11.3 Å². The molecule has 0 saturated heterocycles. The van der Waals surface area contributed by atoms with Crippen LogP contribution in [0.5, 0.6) is 0 Å². The van der Waals surface area contributed by atoms with Gasteiger partial charge in [0, 0.05) is 18.4 Å². The first kappa shape index (κ1) is 14.1. The van der Waals surface area contributed by atoms with E-state index < -0.39 is 5.97 Å². The van der Waals surface area contributed by atoms with E-state index in [1.165, 1.54) is 11.3 Å². The van der Waals surface area contributed by atoms with Crippen LogP contribution in [0.4, 0.5) is 0 Å². The minimum atomic E-state index is -0.900. The van der Waals surface area contributed by atoms with Gasteiger partial charge < -0.3 is 9.84 Å². The van der Waals surface area contributed by atoms with Gasteiger partial charge in [0.05, 0.1) is 17.3 Å². The molecule has 5 heteroatoms. The van der Waals surface area contributed by atoms with E-state index in [0.29, 0.717) is 17.2 Å². The molecule has 1 rings (SSSR count). The molecule has 0 spiro atoms. The van der Waals surface area contributed by atoms with Crippen molar-refractivity contribution in [3.05, 3.63) is 15.6 Å². The number of carboxylic acid groups (broad SMARTS) is 1. The van der Waals surface area contributed by atoms with Crippen LogP contribution in [0.25, 0.3) is 0 Å². The standard InChI is InChI=1S/C12H19NO3S/c1-7(6-16-5)10-13-9(12(2,3)4)8(17-10)11(14)15/h7H,6H2,1-5H3,(H,14,15). The number of rotatable bonds is 4. The Kier molecular flexibility index (Phi) is 4.27. The minimum Gasteiger partial charge on any atom is -0.477 e. The minimum absolute atomic E-state index is 0.124. The Morgan fingerprint density at radius 2 is 2.12 bits per heavy atom. The van der Waals surface area contributed by atoms with Gasteiger partial charge in [-0.3, -0.25) is 0 Å². The van der Waals surface area contributed by atoms with Crippen molar-refractivity contribution < 1.29 is 14.6 Å². The number of carbonyl (C=O) groups is 1. The van der Waals surface area contributed by atoms with Crippen LogP contribution in [-0.4, -0.2) is 29.8 Å². The predicted octanol–water partition coefficient (Wildman–Crippen LogP) is 2.89. The molecule has 1 unspecified atom stereocenters. The molecular weight excluding hydrogens is 238 g/mol. The van der Waals surface area contributed by atoms with E-state index in [0.717, 1.165) is 5.01 Å². The van der Waals surface area contributed by atoms with Crippen molar-refractivity contribution in [1.29, 1.82) is 0 Å². The van der Waals surface area contributed by atoms with Gasteiger partial charge >= 0.3 is 5.97 Å². The second-order valence-corrected chi connectivity index (χ2v) is 6.17. The molecule has 0 aliphatic heterocycles. The summed E-state index contributed by atoms with van der Waals surface area (Å²) in [4.78, 5) is 16.0. The maximum Gasteiger partial charge on any atom is 0.347 e. The first-order valence-electron chi connectivity index (χ1n) is 5.50. The number of thiazole rings is 1. The van der Waals surface area contributed by atoms with Crippen LogP contribution < -0.4 is 0 Å². The van der Waals surface area contributed by atoms with Gasteiger partial charge in [0.2, 0.25) is 0 Å². The number of ether oxygens (including phenoxy) is 1. The molecule has 0 radical (unpaired) electrons. The van der Waals surface area contributed by atoms with Crippen molar-refractivity contribution >= 4 is 17.3 Å². The third-order valence-electron chi connectivity index (χ3n) is 2.39. The van der Waals surface area contributed by atoms with E-state index in [1.54, 1.807) is 7.11 Å². The maximum atomic E-state index is 11.2. The fraction of sp³-hybridized carbons (Fsp3) is 0.667. The number of hydrogen-bond donors (Lipinski definition) is 1. The van der Waals surface area contributed by atoms with Crippen LogP contribution in [-0.2, 0) is 10.2 Å². The summed E-state index contributed by atoms with van der Waals surface area (Å²) in [5.74, 6) is -0.775. The number of carboxylic acids is 1. The van der Waals surface area contributed by atoms with Gasteiger partial charge in [-0.1, -0.05) is 27.7 Å². The molecule has 0 aliphatic carbocycles. The largest absolute Gasteiger partial charge is 0.477 e. The Morgan fingerprint density at radius 1 is 1.53 bits per heavy atom. The molecule has 0 aromatic carbocycles. The number of aromatic carboxylic acids is 1. The average molecular weight is 257 g/mol. The maximum absolute atomic E-state index is 11.2. The fourth-order valence-corrected chi connectivity index (χ4v) is 2.67. The molecule has 1 heterocycles. The number of nitrogens with zero attached hydrogens (tertiary/aromatic N) is 1. The highest BCUT2D eigenvalue weighted by Gasteiger charge is 2.28. The molecule has 1 aromatic heterocycles. The monoisotopic (exact) mass is 257 g/mol. The first-order valence-corrected chi connectivity index (χ1v) is 6.32. The van der Waals surface area contributed by atoms with Crippen molar-refractivity contribution in [3.63, 3.8) is 0 Å². The molecule has 0 amide bonds. The molecule has 0 saturated carbocycles. The normalized spacial score (nSPS) is 13.7. The Labute approximate surface area is 106 Å². The van der Waals surface area contributed by atoms with Crippen LogP contribution >= 0.6 is 11.3 Å². The smallest absolute Gasteiger partial charge is 0.347 e. The third kappa shape index (κ3) is 3.26. The summed E-state index contributed by atoms with van der Waals surface area (Å²) >= 11 is 1.25. The van der Waals surface area contributed by atoms with Crippen LogP contribution in [0.1, 0.15) is 54.0 Å². The lowest BCUT2D eigenvalue weighted by atomic mass is 9.91. The lowest BCUT2D eigenvalue weighted by Crippen LogP contribution is -2.16. The van der Waals surface area contributed by atoms with Crippen molar-refractivity contribution in [2.45, 2.75) is 39.0 Å². The molecule has 0 fully saturated rings. The van der Waals surface area contributed by atoms with Gasteiger partial charge in [0.25, 0.3) is 0 Å². The van der Waals surface area contributed by atoms with E-state index in [2.05, 4.69) is 4.98 Å². The molecule has 0 bridgehead atoms. The summed E-state index contributed by atoms with van der Waals surface area (Å²) in [6, 6.07) is 0. The van der Waals surface area contributed by atoms with E-state index >= 15 is 0 Å². The number of hydrogen-bond acceptors (Lipinski definition) is 4. The Morgan fingerprint density at radius 3 is 2.47 bits per heavy atom. The number of methoxy groups -OCH3 is 1. The highest BCUT2D eigenvalue weighted by molar-refractivity contribution is 7.13. The molecule has 1 N–H and O–H groups in total. The second kappa shape index (κ2) is 5.14. The van der Waals surface area contributed by atoms with E-state index in [9.17, 15) is 9.90 Å². The molecule has 0 aliphatic rings. The summed E-state index contributed by atoms with van der Waals surface area (Å²) in [6.45, 7) is 8.45. The van der Waals surface area contributed by atoms with Gasteiger partial charge in [-0.25, -0.2) is 9.78 Å². The van der Waals surface area contributed by atoms with Gasteiger partial charge in [0.15, 0.2) is 0 Å². The Bertz CT molecular complexity index is 406. The highest BCUT2D eigenvalue weighted by Crippen LogP contribution is 2.32. The van der Waals surface area contributed by atoms with Crippen molar-refractivity contribution in [2.24, 2.45) is 0 Å². The summed E-state index contributed by atoms with van der Waals surface area (Å²) in [5, 5.41) is 10.0. The SMILES string of the molecule is COCC(C)c1nc(C(C)(C)C)c(C(=O)O)s1. The summed E-state index contributed by atoms with van der Waals surface area (Å²) < 4.78 is 5.07. The van der Waals surface area contributed by atoms with Gasteiger partial charge in [-0.05, 0) is 0 Å². The second-order valence-electron chi connectivity index (χ2n) is 5.14. The van der Waals surface area contributed by atoms with Crippen molar-refractivity contribution in [1.82, 2.24) is 4.98 Å². The molecular formula is C12H19NO3S. The van der Waals surface area contributed by atoms with Crippen LogP contribution in [0, 0.1) is 0 Å². The predicted molar refractivity (Wildman–Crippen MR) is 68.1 cm³/mol. The Hall–Kier alpha value is -0.940. The molecule has 96 valence electrons. The molecule has 4 nitrogen and oxygen atoms in total. The van der Waals surface area contributed by atoms with Gasteiger partial charge in [-0.15, -0.1) is 11.3 Å². The Balaban J connectivity index is 3.17. The van der Waals surface area contributed by atoms with E-state index in [1.807, 2.05) is 27.7 Å². The van der Waals surface area contributed by atoms with Crippen molar-refractivity contribution in [3.8, 4) is 0 Å². The molecule has 1 atom stereocenters. The topological polar surface area (TPSA) is 59.4 Å². The zero-order valence-corrected chi connectivity index (χ0v) is 11.7. The van der Waals surface area contributed by atoms with Gasteiger partial charge in [-0.2, -0.15) is 0 Å². The zero-order chi connectivity index (χ0) is 13.2.